The Hall–Kier alpha value is -2.01. The van der Waals surface area contributed by atoms with E-state index in [1.807, 2.05) is 24.3 Å². The summed E-state index contributed by atoms with van der Waals surface area (Å²) >= 11 is 1.75. The third-order valence-electron chi connectivity index (χ3n) is 2.67. The number of carboxylic acids is 1. The van der Waals surface area contributed by atoms with Crippen LogP contribution in [0.1, 0.15) is 23.9 Å². The molecule has 4 nitrogen and oxygen atoms in total. The monoisotopic (exact) mass is 290 g/mol. The van der Waals surface area contributed by atoms with Crippen LogP contribution in [-0.4, -0.2) is 16.8 Å². The SMILES string of the molecule is CCCSc1ccc(-c2ccc(=O)oc2C(=O)O)cc1. The zero-order valence-electron chi connectivity index (χ0n) is 11.0. The Morgan fingerprint density at radius 2 is 1.90 bits per heavy atom. The lowest BCUT2D eigenvalue weighted by Crippen LogP contribution is -2.06. The molecule has 0 saturated carbocycles. The van der Waals surface area contributed by atoms with Gasteiger partial charge in [0.2, 0.25) is 5.76 Å². The molecule has 1 N–H and O–H groups in total. The number of hydrogen-bond acceptors (Lipinski definition) is 4. The topological polar surface area (TPSA) is 67.5 Å². The minimum atomic E-state index is -1.25. The average Bonchev–Trinajstić information content (AvgIpc) is 2.45. The molecule has 0 atom stereocenters. The van der Waals surface area contributed by atoms with Gasteiger partial charge in [0.25, 0.3) is 0 Å². The normalized spacial score (nSPS) is 10.4. The van der Waals surface area contributed by atoms with E-state index in [9.17, 15) is 9.59 Å². The quantitative estimate of drug-likeness (QED) is 0.853. The maximum atomic E-state index is 11.1. The fraction of sp³-hybridized carbons (Fsp3) is 0.200. The van der Waals surface area contributed by atoms with E-state index in [1.54, 1.807) is 11.8 Å². The van der Waals surface area contributed by atoms with Gasteiger partial charge in [0.15, 0.2) is 0 Å². The molecule has 0 aliphatic carbocycles. The van der Waals surface area contributed by atoms with Crippen LogP contribution < -0.4 is 5.63 Å². The van der Waals surface area contributed by atoms with E-state index in [2.05, 4.69) is 6.92 Å². The predicted molar refractivity (Wildman–Crippen MR) is 78.4 cm³/mol. The van der Waals surface area contributed by atoms with Crippen LogP contribution in [0.15, 0.2) is 50.5 Å². The summed E-state index contributed by atoms with van der Waals surface area (Å²) in [7, 11) is 0. The van der Waals surface area contributed by atoms with Crippen LogP contribution in [0.3, 0.4) is 0 Å². The van der Waals surface area contributed by atoms with Gasteiger partial charge in [-0.05, 0) is 35.9 Å². The number of carboxylic acid groups (broad SMARTS) is 1. The van der Waals surface area contributed by atoms with Crippen molar-refractivity contribution < 1.29 is 14.3 Å². The van der Waals surface area contributed by atoms with E-state index >= 15 is 0 Å². The molecule has 1 aromatic carbocycles. The molecule has 0 unspecified atom stereocenters. The van der Waals surface area contributed by atoms with Crippen molar-refractivity contribution >= 4 is 17.7 Å². The summed E-state index contributed by atoms with van der Waals surface area (Å²) in [4.78, 5) is 23.4. The largest absolute Gasteiger partial charge is 0.475 e. The highest BCUT2D eigenvalue weighted by molar-refractivity contribution is 7.99. The van der Waals surface area contributed by atoms with Gasteiger partial charge in [-0.15, -0.1) is 11.8 Å². The van der Waals surface area contributed by atoms with Crippen molar-refractivity contribution in [2.45, 2.75) is 18.2 Å². The zero-order valence-corrected chi connectivity index (χ0v) is 11.8. The molecule has 1 heterocycles. The fourth-order valence-electron chi connectivity index (χ4n) is 1.75. The summed E-state index contributed by atoms with van der Waals surface area (Å²) in [5.74, 6) is -0.534. The summed E-state index contributed by atoms with van der Waals surface area (Å²) in [5, 5.41) is 9.09. The van der Waals surface area contributed by atoms with Gasteiger partial charge < -0.3 is 9.52 Å². The number of rotatable bonds is 5. The van der Waals surface area contributed by atoms with Gasteiger partial charge in [0.05, 0.1) is 0 Å². The van der Waals surface area contributed by atoms with Gasteiger partial charge in [-0.3, -0.25) is 0 Å². The lowest BCUT2D eigenvalue weighted by molar-refractivity contribution is 0.0658. The van der Waals surface area contributed by atoms with Crippen molar-refractivity contribution in [3.63, 3.8) is 0 Å². The molecule has 0 aliphatic heterocycles. The smallest absolute Gasteiger partial charge is 0.372 e. The van der Waals surface area contributed by atoms with Crippen molar-refractivity contribution in [3.05, 3.63) is 52.6 Å². The third kappa shape index (κ3) is 3.30. The van der Waals surface area contributed by atoms with E-state index in [4.69, 9.17) is 9.52 Å². The Balaban J connectivity index is 2.36. The predicted octanol–water partition coefficient (Wildman–Crippen LogP) is 3.51. The second kappa shape index (κ2) is 6.43. The van der Waals surface area contributed by atoms with E-state index in [0.29, 0.717) is 11.1 Å². The number of thioether (sulfide) groups is 1. The average molecular weight is 290 g/mol. The maximum absolute atomic E-state index is 11.1. The Morgan fingerprint density at radius 3 is 2.50 bits per heavy atom. The lowest BCUT2D eigenvalue weighted by atomic mass is 10.1. The third-order valence-corrected chi connectivity index (χ3v) is 3.88. The zero-order chi connectivity index (χ0) is 14.5. The van der Waals surface area contributed by atoms with Gasteiger partial charge in [0, 0.05) is 16.5 Å². The molecule has 1 aromatic heterocycles. The summed E-state index contributed by atoms with van der Waals surface area (Å²) in [6, 6.07) is 10.2. The summed E-state index contributed by atoms with van der Waals surface area (Å²) in [6.45, 7) is 2.12. The molecule has 0 saturated heterocycles. The Bertz CT molecular complexity index is 658. The highest BCUT2D eigenvalue weighted by atomic mass is 32.2. The second-order valence-corrected chi connectivity index (χ2v) is 5.34. The fourth-order valence-corrected chi connectivity index (χ4v) is 2.52. The van der Waals surface area contributed by atoms with E-state index in [1.165, 1.54) is 12.1 Å². The first-order valence-corrected chi connectivity index (χ1v) is 7.21. The van der Waals surface area contributed by atoms with Crippen molar-refractivity contribution in [2.24, 2.45) is 0 Å². The van der Waals surface area contributed by atoms with Crippen LogP contribution in [0.4, 0.5) is 0 Å². The van der Waals surface area contributed by atoms with Gasteiger partial charge in [-0.25, -0.2) is 9.59 Å². The lowest BCUT2D eigenvalue weighted by Gasteiger charge is -2.06. The van der Waals surface area contributed by atoms with Crippen LogP contribution in [0.5, 0.6) is 0 Å². The molecule has 0 bridgehead atoms. The minimum absolute atomic E-state index is 0.327. The number of hydrogen-bond donors (Lipinski definition) is 1. The molecular formula is C15H14O4S. The van der Waals surface area contributed by atoms with Gasteiger partial charge in [0.1, 0.15) is 0 Å². The van der Waals surface area contributed by atoms with E-state index < -0.39 is 11.6 Å². The van der Waals surface area contributed by atoms with Crippen LogP contribution >= 0.6 is 11.8 Å². The second-order valence-electron chi connectivity index (χ2n) is 4.18. The molecular weight excluding hydrogens is 276 g/mol. The summed E-state index contributed by atoms with van der Waals surface area (Å²) < 4.78 is 4.76. The number of benzene rings is 1. The molecule has 2 rings (SSSR count). The number of carbonyl (C=O) groups is 1. The molecule has 2 aromatic rings. The first kappa shape index (κ1) is 14.4. The van der Waals surface area contributed by atoms with Gasteiger partial charge >= 0.3 is 11.6 Å². The summed E-state index contributed by atoms with van der Waals surface area (Å²) in [5.41, 5.74) is 0.456. The Morgan fingerprint density at radius 1 is 1.20 bits per heavy atom. The molecule has 0 spiro atoms. The maximum Gasteiger partial charge on any atom is 0.372 e. The highest BCUT2D eigenvalue weighted by Gasteiger charge is 2.15. The molecule has 0 amide bonds. The van der Waals surface area contributed by atoms with E-state index in [0.717, 1.165) is 17.1 Å². The minimum Gasteiger partial charge on any atom is -0.475 e. The van der Waals surface area contributed by atoms with Crippen molar-refractivity contribution in [1.82, 2.24) is 0 Å². The molecule has 0 aliphatic rings. The molecule has 20 heavy (non-hydrogen) atoms. The molecule has 0 radical (unpaired) electrons. The first-order valence-electron chi connectivity index (χ1n) is 6.22. The van der Waals surface area contributed by atoms with Crippen LogP contribution in [0.25, 0.3) is 11.1 Å². The van der Waals surface area contributed by atoms with E-state index in [-0.39, 0.29) is 5.76 Å². The van der Waals surface area contributed by atoms with Gasteiger partial charge in [-0.2, -0.15) is 0 Å². The molecule has 0 fully saturated rings. The highest BCUT2D eigenvalue weighted by Crippen LogP contribution is 2.26. The standard InChI is InChI=1S/C15H14O4S/c1-2-9-20-11-5-3-10(4-6-11)12-7-8-13(16)19-14(12)15(17)18/h3-8H,2,9H2,1H3,(H,17,18). The Labute approximate surface area is 120 Å². The van der Waals surface area contributed by atoms with Gasteiger partial charge in [-0.1, -0.05) is 19.1 Å². The van der Waals surface area contributed by atoms with Crippen LogP contribution in [0, 0.1) is 0 Å². The first-order chi connectivity index (χ1) is 9.61. The van der Waals surface area contributed by atoms with Crippen molar-refractivity contribution in [1.29, 1.82) is 0 Å². The van der Waals surface area contributed by atoms with Crippen LogP contribution in [-0.2, 0) is 0 Å². The molecule has 5 heteroatoms. The van der Waals surface area contributed by atoms with Crippen LogP contribution in [0.2, 0.25) is 0 Å². The summed E-state index contributed by atoms with van der Waals surface area (Å²) in [6.07, 6.45) is 1.10. The van der Waals surface area contributed by atoms with Crippen molar-refractivity contribution in [2.75, 3.05) is 5.75 Å². The molecule has 104 valence electrons. The van der Waals surface area contributed by atoms with Crippen molar-refractivity contribution in [3.8, 4) is 11.1 Å². The Kier molecular flexibility index (Phi) is 4.63. The number of aromatic carboxylic acids is 1.